The van der Waals surface area contributed by atoms with Gasteiger partial charge in [-0.15, -0.1) is 10.2 Å². The van der Waals surface area contributed by atoms with Crippen LogP contribution in [0.5, 0.6) is 0 Å². The van der Waals surface area contributed by atoms with Crippen LogP contribution in [0.2, 0.25) is 0 Å². The second-order valence-electron chi connectivity index (χ2n) is 3.28. The molecule has 0 atom stereocenters. The number of hydrogen-bond donors (Lipinski definition) is 1. The van der Waals surface area contributed by atoms with Crippen LogP contribution in [-0.2, 0) is 0 Å². The van der Waals surface area contributed by atoms with Gasteiger partial charge in [0.1, 0.15) is 0 Å². The van der Waals surface area contributed by atoms with E-state index >= 15 is 0 Å². The van der Waals surface area contributed by atoms with Crippen LogP contribution in [0.1, 0.15) is 5.56 Å². The first-order valence-corrected chi connectivity index (χ1v) is 8.36. The summed E-state index contributed by atoms with van der Waals surface area (Å²) in [7, 11) is 0. The number of benzene rings is 1. The van der Waals surface area contributed by atoms with E-state index in [0.29, 0.717) is 0 Å². The van der Waals surface area contributed by atoms with Gasteiger partial charge in [-0.3, -0.25) is 0 Å². The fourth-order valence-corrected chi connectivity index (χ4v) is 4.27. The van der Waals surface area contributed by atoms with Crippen LogP contribution < -0.4 is 5.73 Å². The van der Waals surface area contributed by atoms with Crippen LogP contribution in [-0.4, -0.2) is 16.5 Å². The molecule has 90 valence electrons. The lowest BCUT2D eigenvalue weighted by atomic mass is 10.2. The molecule has 1 aromatic carbocycles. The van der Waals surface area contributed by atoms with Crippen molar-refractivity contribution in [3.8, 4) is 0 Å². The number of halogens is 1. The molecule has 0 saturated carbocycles. The molecule has 1 aromatic heterocycles. The van der Waals surface area contributed by atoms with Crippen LogP contribution in [0, 0.1) is 6.92 Å². The van der Waals surface area contributed by atoms with Crippen molar-refractivity contribution in [3.05, 3.63) is 22.2 Å². The molecule has 0 aliphatic carbocycles. The van der Waals surface area contributed by atoms with Gasteiger partial charge < -0.3 is 5.73 Å². The van der Waals surface area contributed by atoms with E-state index in [4.69, 9.17) is 5.73 Å². The third-order valence-electron chi connectivity index (χ3n) is 2.08. The average Bonchev–Trinajstić information content (AvgIpc) is 2.73. The molecule has 0 amide bonds. The number of nitrogens with zero attached hydrogens (tertiary/aromatic N) is 2. The van der Waals surface area contributed by atoms with Gasteiger partial charge in [0.05, 0.1) is 0 Å². The van der Waals surface area contributed by atoms with Crippen molar-refractivity contribution in [1.29, 1.82) is 0 Å². The monoisotopic (exact) mass is 347 g/mol. The molecule has 3 nitrogen and oxygen atoms in total. The van der Waals surface area contributed by atoms with Crippen molar-refractivity contribution in [1.82, 2.24) is 10.2 Å². The molecule has 0 spiro atoms. The highest BCUT2D eigenvalue weighted by Crippen LogP contribution is 2.38. The number of hydrogen-bond acceptors (Lipinski definition) is 6. The minimum atomic E-state index is 0.795. The first-order chi connectivity index (χ1) is 8.10. The number of nitrogen functional groups attached to an aromatic ring is 1. The van der Waals surface area contributed by atoms with E-state index < -0.39 is 0 Å². The van der Waals surface area contributed by atoms with Crippen molar-refractivity contribution in [2.45, 2.75) is 20.5 Å². The van der Waals surface area contributed by atoms with E-state index in [0.717, 1.165) is 29.3 Å². The SMILES string of the molecule is CSc1nnc(Sc2cc(C)c(N)cc2Br)s1. The zero-order valence-electron chi connectivity index (χ0n) is 9.23. The van der Waals surface area contributed by atoms with Gasteiger partial charge >= 0.3 is 0 Å². The Kier molecular flexibility index (Phi) is 4.35. The fourth-order valence-electron chi connectivity index (χ4n) is 1.16. The van der Waals surface area contributed by atoms with Crippen LogP contribution in [0.3, 0.4) is 0 Å². The molecule has 2 N–H and O–H groups in total. The maximum Gasteiger partial charge on any atom is 0.179 e. The first-order valence-electron chi connectivity index (χ1n) is 4.71. The number of aromatic nitrogens is 2. The molecule has 2 rings (SSSR count). The molecule has 7 heteroatoms. The summed E-state index contributed by atoms with van der Waals surface area (Å²) < 4.78 is 2.92. The lowest BCUT2D eigenvalue weighted by molar-refractivity contribution is 0.955. The number of rotatable bonds is 3. The molecular formula is C10H10BrN3S3. The highest BCUT2D eigenvalue weighted by molar-refractivity contribution is 9.10. The van der Waals surface area contributed by atoms with Crippen molar-refractivity contribution in [2.24, 2.45) is 0 Å². The number of thioether (sulfide) groups is 1. The lowest BCUT2D eigenvalue weighted by Crippen LogP contribution is -1.90. The molecule has 0 fully saturated rings. The minimum Gasteiger partial charge on any atom is -0.398 e. The first kappa shape index (κ1) is 13.2. The summed E-state index contributed by atoms with van der Waals surface area (Å²) in [4.78, 5) is 1.11. The summed E-state index contributed by atoms with van der Waals surface area (Å²) in [5, 5.41) is 8.21. The molecule has 2 aromatic rings. The van der Waals surface area contributed by atoms with Gasteiger partial charge in [-0.05, 0) is 46.8 Å². The number of anilines is 1. The van der Waals surface area contributed by atoms with Gasteiger partial charge in [0, 0.05) is 15.1 Å². The predicted molar refractivity (Wildman–Crippen MR) is 79.1 cm³/mol. The van der Waals surface area contributed by atoms with E-state index in [-0.39, 0.29) is 0 Å². The Balaban J connectivity index is 2.26. The standard InChI is InChI=1S/C10H10BrN3S3/c1-5-3-8(6(11)4-7(5)12)16-10-14-13-9(15-2)17-10/h3-4H,12H2,1-2H3. The minimum absolute atomic E-state index is 0.795. The summed E-state index contributed by atoms with van der Waals surface area (Å²) >= 11 is 8.32. The molecular weight excluding hydrogens is 338 g/mol. The van der Waals surface area contributed by atoms with Crippen LogP contribution in [0.25, 0.3) is 0 Å². The molecule has 0 aliphatic rings. The summed E-state index contributed by atoms with van der Waals surface area (Å²) in [5.41, 5.74) is 7.71. The Hall–Kier alpha value is -0.240. The Labute approximate surface area is 121 Å². The molecule has 0 aliphatic heterocycles. The average molecular weight is 348 g/mol. The molecule has 0 saturated heterocycles. The molecule has 17 heavy (non-hydrogen) atoms. The Bertz CT molecular complexity index is 542. The fraction of sp³-hybridized carbons (Fsp3) is 0.200. The van der Waals surface area contributed by atoms with Gasteiger partial charge in [-0.1, -0.05) is 34.9 Å². The van der Waals surface area contributed by atoms with Gasteiger partial charge in [-0.2, -0.15) is 0 Å². The van der Waals surface area contributed by atoms with E-state index in [1.54, 1.807) is 34.9 Å². The Morgan fingerprint density at radius 1 is 1.29 bits per heavy atom. The molecule has 1 heterocycles. The molecule has 0 bridgehead atoms. The van der Waals surface area contributed by atoms with Crippen LogP contribution in [0.15, 0.2) is 30.2 Å². The van der Waals surface area contributed by atoms with E-state index in [9.17, 15) is 0 Å². The van der Waals surface area contributed by atoms with Crippen molar-refractivity contribution < 1.29 is 0 Å². The lowest BCUT2D eigenvalue weighted by Gasteiger charge is -2.05. The quantitative estimate of drug-likeness (QED) is 0.669. The Morgan fingerprint density at radius 3 is 2.65 bits per heavy atom. The predicted octanol–water partition coefficient (Wildman–Crippen LogP) is 4.06. The number of aryl methyl sites for hydroxylation is 1. The third-order valence-corrected chi connectivity index (χ3v) is 6.01. The second-order valence-corrected chi connectivity index (χ2v) is 7.45. The van der Waals surface area contributed by atoms with Crippen LogP contribution in [0.4, 0.5) is 5.69 Å². The van der Waals surface area contributed by atoms with Gasteiger partial charge in [0.15, 0.2) is 8.68 Å². The second kappa shape index (κ2) is 5.60. The van der Waals surface area contributed by atoms with E-state index in [1.807, 2.05) is 19.2 Å². The normalized spacial score (nSPS) is 10.8. The van der Waals surface area contributed by atoms with E-state index in [1.165, 1.54) is 0 Å². The smallest absolute Gasteiger partial charge is 0.179 e. The van der Waals surface area contributed by atoms with Gasteiger partial charge in [0.2, 0.25) is 0 Å². The van der Waals surface area contributed by atoms with Crippen LogP contribution >= 0.6 is 50.8 Å². The molecule has 0 unspecified atom stereocenters. The summed E-state index contributed by atoms with van der Waals surface area (Å²) in [5.74, 6) is 0. The van der Waals surface area contributed by atoms with Crippen molar-refractivity contribution >= 4 is 56.5 Å². The zero-order valence-corrected chi connectivity index (χ0v) is 13.3. The highest BCUT2D eigenvalue weighted by atomic mass is 79.9. The van der Waals surface area contributed by atoms with E-state index in [2.05, 4.69) is 32.2 Å². The Morgan fingerprint density at radius 2 is 2.00 bits per heavy atom. The largest absolute Gasteiger partial charge is 0.398 e. The maximum absolute atomic E-state index is 5.84. The summed E-state index contributed by atoms with van der Waals surface area (Å²) in [6.45, 7) is 2.00. The van der Waals surface area contributed by atoms with Crippen molar-refractivity contribution in [3.63, 3.8) is 0 Å². The molecule has 0 radical (unpaired) electrons. The van der Waals surface area contributed by atoms with Crippen molar-refractivity contribution in [2.75, 3.05) is 12.0 Å². The third kappa shape index (κ3) is 3.15. The highest BCUT2D eigenvalue weighted by Gasteiger charge is 2.09. The topological polar surface area (TPSA) is 51.8 Å². The van der Waals surface area contributed by atoms with Gasteiger partial charge in [0.25, 0.3) is 0 Å². The summed E-state index contributed by atoms with van der Waals surface area (Å²) in [6.07, 6.45) is 2.00. The maximum atomic E-state index is 5.84. The number of nitrogens with two attached hydrogens (primary N) is 1. The van der Waals surface area contributed by atoms with Gasteiger partial charge in [-0.25, -0.2) is 0 Å². The summed E-state index contributed by atoms with van der Waals surface area (Å²) in [6, 6.07) is 3.98. The zero-order chi connectivity index (χ0) is 12.4.